The third-order valence-corrected chi connectivity index (χ3v) is 7.81. The lowest BCUT2D eigenvalue weighted by Gasteiger charge is -2.46. The fourth-order valence-electron chi connectivity index (χ4n) is 4.74. The van der Waals surface area contributed by atoms with Crippen molar-refractivity contribution in [2.45, 2.75) is 11.9 Å². The Morgan fingerprint density at radius 3 is 2.16 bits per heavy atom. The van der Waals surface area contributed by atoms with E-state index in [1.54, 1.807) is 23.2 Å². The average molecular weight is 520 g/mol. The largest absolute Gasteiger partial charge is 0.294 e. The number of Topliss-reactive ketones (excluding diaryl/α,β-unsaturated/α-hetero) is 1. The van der Waals surface area contributed by atoms with Gasteiger partial charge < -0.3 is 0 Å². The van der Waals surface area contributed by atoms with Gasteiger partial charge in [-0.2, -0.15) is 10.2 Å². The first-order valence-electron chi connectivity index (χ1n) is 11.9. The standard InChI is InChI=1S/C29H21N5O3S/c1-20(35)28-31-33(25-18-10-11-19-26(25)34(36)37)29(38-28)24-17-9-8-16-23(24)27(21-12-4-2-5-13-21)30-32(29)22-14-6-3-7-15-22/h2-19H,1H3/t29-/m1/s1. The average Bonchev–Trinajstić information content (AvgIpc) is 3.35. The summed E-state index contributed by atoms with van der Waals surface area (Å²) in [6.07, 6.45) is 0. The molecule has 0 bridgehead atoms. The first-order valence-corrected chi connectivity index (χ1v) is 12.7. The van der Waals surface area contributed by atoms with Crippen LogP contribution in [0.5, 0.6) is 0 Å². The Kier molecular flexibility index (Phi) is 5.77. The Hall–Kier alpha value is -4.76. The lowest BCUT2D eigenvalue weighted by molar-refractivity contribution is -0.384. The Balaban J connectivity index is 1.70. The maximum absolute atomic E-state index is 12.7. The lowest BCUT2D eigenvalue weighted by atomic mass is 9.93. The van der Waals surface area contributed by atoms with Gasteiger partial charge in [0.25, 0.3) is 5.69 Å². The molecule has 186 valence electrons. The molecule has 6 rings (SSSR count). The molecule has 38 heavy (non-hydrogen) atoms. The van der Waals surface area contributed by atoms with E-state index in [9.17, 15) is 14.9 Å². The van der Waals surface area contributed by atoms with E-state index in [0.717, 1.165) is 28.1 Å². The first kappa shape index (κ1) is 23.6. The number of hydrogen-bond acceptors (Lipinski definition) is 8. The van der Waals surface area contributed by atoms with E-state index < -0.39 is 9.92 Å². The summed E-state index contributed by atoms with van der Waals surface area (Å²) >= 11 is 1.23. The summed E-state index contributed by atoms with van der Waals surface area (Å²) in [7, 11) is 0. The highest BCUT2D eigenvalue weighted by Crippen LogP contribution is 2.56. The molecule has 0 amide bonds. The predicted octanol–water partition coefficient (Wildman–Crippen LogP) is 6.13. The number of carbonyl (C=O) groups is 1. The van der Waals surface area contributed by atoms with Gasteiger partial charge in [0.2, 0.25) is 4.99 Å². The molecule has 2 heterocycles. The van der Waals surface area contributed by atoms with Gasteiger partial charge in [0.15, 0.2) is 10.8 Å². The van der Waals surface area contributed by atoms with Crippen molar-refractivity contribution in [2.24, 2.45) is 10.2 Å². The zero-order chi connectivity index (χ0) is 26.3. The summed E-state index contributed by atoms with van der Waals surface area (Å²) in [6, 6.07) is 33.7. The zero-order valence-corrected chi connectivity index (χ0v) is 21.1. The summed E-state index contributed by atoms with van der Waals surface area (Å²) in [6.45, 7) is 1.45. The Bertz CT molecular complexity index is 1620. The molecule has 0 saturated heterocycles. The van der Waals surface area contributed by atoms with Crippen molar-refractivity contribution < 1.29 is 9.72 Å². The predicted molar refractivity (Wildman–Crippen MR) is 150 cm³/mol. The molecular weight excluding hydrogens is 498 g/mol. The molecule has 0 unspecified atom stereocenters. The highest BCUT2D eigenvalue weighted by Gasteiger charge is 2.56. The summed E-state index contributed by atoms with van der Waals surface area (Å²) in [5, 5.41) is 25.6. The van der Waals surface area contributed by atoms with Gasteiger partial charge in [-0.05, 0) is 30.0 Å². The van der Waals surface area contributed by atoms with E-state index >= 15 is 0 Å². The highest BCUT2D eigenvalue weighted by atomic mass is 32.2. The molecular formula is C29H21N5O3S. The van der Waals surface area contributed by atoms with E-state index in [1.165, 1.54) is 24.8 Å². The maximum atomic E-state index is 12.7. The van der Waals surface area contributed by atoms with Crippen LogP contribution < -0.4 is 10.0 Å². The van der Waals surface area contributed by atoms with Gasteiger partial charge in [-0.15, -0.1) is 0 Å². The van der Waals surface area contributed by atoms with Crippen LogP contribution in [-0.4, -0.2) is 21.5 Å². The molecule has 1 atom stereocenters. The molecule has 0 fully saturated rings. The molecule has 4 aromatic carbocycles. The fraction of sp³-hybridized carbons (Fsp3) is 0.0690. The number of carbonyl (C=O) groups excluding carboxylic acids is 1. The highest BCUT2D eigenvalue weighted by molar-refractivity contribution is 8.17. The van der Waals surface area contributed by atoms with E-state index in [2.05, 4.69) is 0 Å². The van der Waals surface area contributed by atoms with Crippen LogP contribution >= 0.6 is 11.8 Å². The van der Waals surface area contributed by atoms with Crippen molar-refractivity contribution in [3.8, 4) is 0 Å². The molecule has 2 aliphatic rings. The molecule has 0 aliphatic carbocycles. The second kappa shape index (κ2) is 9.28. The molecule has 0 aromatic heterocycles. The van der Waals surface area contributed by atoms with Crippen LogP contribution in [0.3, 0.4) is 0 Å². The second-order valence-electron chi connectivity index (χ2n) is 8.74. The number of anilines is 2. The third-order valence-electron chi connectivity index (χ3n) is 6.39. The number of rotatable bonds is 5. The number of thioether (sulfide) groups is 1. The van der Waals surface area contributed by atoms with Gasteiger partial charge >= 0.3 is 0 Å². The SMILES string of the molecule is CC(=O)C1=NN(c2ccccc2[N+](=O)[O-])[C@@]2(S1)c1ccccc1C(c1ccccc1)=NN2c1ccccc1. The maximum Gasteiger partial charge on any atom is 0.294 e. The number of hydrazone groups is 2. The van der Waals surface area contributed by atoms with Crippen LogP contribution in [0.4, 0.5) is 17.1 Å². The van der Waals surface area contributed by atoms with Crippen molar-refractivity contribution >= 4 is 45.4 Å². The summed E-state index contributed by atoms with van der Waals surface area (Å²) in [5.41, 5.74) is 4.20. The lowest BCUT2D eigenvalue weighted by Crippen LogP contribution is -2.54. The van der Waals surface area contributed by atoms with Gasteiger partial charge in [0.1, 0.15) is 5.69 Å². The number of para-hydroxylation sites is 3. The molecule has 2 aliphatic heterocycles. The van der Waals surface area contributed by atoms with Crippen molar-refractivity contribution in [3.63, 3.8) is 0 Å². The molecule has 1 spiro atoms. The number of benzene rings is 4. The van der Waals surface area contributed by atoms with Gasteiger partial charge in [-0.1, -0.05) is 84.9 Å². The monoisotopic (exact) mass is 519 g/mol. The van der Waals surface area contributed by atoms with Crippen LogP contribution in [0.2, 0.25) is 0 Å². The Morgan fingerprint density at radius 1 is 0.816 bits per heavy atom. The van der Waals surface area contributed by atoms with Crippen LogP contribution in [0, 0.1) is 10.1 Å². The summed E-state index contributed by atoms with van der Waals surface area (Å²) in [4.78, 5) is 23.2. The number of nitrogens with zero attached hydrogens (tertiary/aromatic N) is 5. The van der Waals surface area contributed by atoms with Crippen LogP contribution in [0.1, 0.15) is 23.6 Å². The van der Waals surface area contributed by atoms with Gasteiger partial charge in [0, 0.05) is 29.7 Å². The molecule has 0 saturated carbocycles. The minimum absolute atomic E-state index is 0.121. The quantitative estimate of drug-likeness (QED) is 0.233. The van der Waals surface area contributed by atoms with E-state index in [0.29, 0.717) is 0 Å². The first-order chi connectivity index (χ1) is 18.5. The summed E-state index contributed by atoms with van der Waals surface area (Å²) < 4.78 is 0. The third kappa shape index (κ3) is 3.67. The molecule has 4 aromatic rings. The van der Waals surface area contributed by atoms with Crippen molar-refractivity contribution in [2.75, 3.05) is 10.0 Å². The zero-order valence-electron chi connectivity index (χ0n) is 20.3. The number of nitro groups is 1. The summed E-state index contributed by atoms with van der Waals surface area (Å²) in [5.74, 6) is -0.237. The Morgan fingerprint density at radius 2 is 1.45 bits per heavy atom. The molecule has 8 nitrogen and oxygen atoms in total. The fourth-order valence-corrected chi connectivity index (χ4v) is 6.02. The van der Waals surface area contributed by atoms with E-state index in [4.69, 9.17) is 10.2 Å². The van der Waals surface area contributed by atoms with E-state index in [-0.39, 0.29) is 22.2 Å². The molecule has 0 N–H and O–H groups in total. The van der Waals surface area contributed by atoms with E-state index in [1.807, 2.05) is 89.9 Å². The number of hydrogen-bond donors (Lipinski definition) is 0. The minimum Gasteiger partial charge on any atom is -0.292 e. The Labute approximate surface area is 223 Å². The molecule has 0 radical (unpaired) electrons. The van der Waals surface area contributed by atoms with Gasteiger partial charge in [-0.25, -0.2) is 10.0 Å². The smallest absolute Gasteiger partial charge is 0.292 e. The van der Waals surface area contributed by atoms with Crippen molar-refractivity contribution in [3.05, 3.63) is 136 Å². The van der Waals surface area contributed by atoms with Gasteiger partial charge in [0.05, 0.1) is 16.3 Å². The van der Waals surface area contributed by atoms with Crippen LogP contribution in [-0.2, 0) is 9.79 Å². The topological polar surface area (TPSA) is 91.4 Å². The number of ketones is 1. The number of nitro benzene ring substituents is 1. The van der Waals surface area contributed by atoms with Crippen LogP contribution in [0.25, 0.3) is 0 Å². The van der Waals surface area contributed by atoms with Crippen LogP contribution in [0.15, 0.2) is 119 Å². The minimum atomic E-state index is -1.25. The molecule has 9 heteroatoms. The normalized spacial score (nSPS) is 18.1. The number of fused-ring (bicyclic) bond motifs is 2. The van der Waals surface area contributed by atoms with Crippen molar-refractivity contribution in [1.29, 1.82) is 0 Å². The van der Waals surface area contributed by atoms with Crippen molar-refractivity contribution in [1.82, 2.24) is 0 Å². The second-order valence-corrected chi connectivity index (χ2v) is 9.90. The van der Waals surface area contributed by atoms with Gasteiger partial charge in [-0.3, -0.25) is 14.9 Å².